The summed E-state index contributed by atoms with van der Waals surface area (Å²) in [6.45, 7) is 5.52. The maximum Gasteiger partial charge on any atom is 0.167 e. The fourth-order valence-corrected chi connectivity index (χ4v) is 2.16. The maximum absolute atomic E-state index is 5.55. The molecule has 0 aromatic heterocycles. The molecule has 0 aliphatic carbocycles. The average molecular weight is 226 g/mol. The van der Waals surface area contributed by atoms with Crippen molar-refractivity contribution in [1.82, 2.24) is 0 Å². The van der Waals surface area contributed by atoms with Crippen LogP contribution < -0.4 is 0 Å². The Morgan fingerprint density at radius 2 is 1.87 bits per heavy atom. The monoisotopic (exact) mass is 226 g/mol. The molecule has 1 rings (SSSR count). The molecule has 2 nitrogen and oxygen atoms in total. The van der Waals surface area contributed by atoms with Crippen LogP contribution in [0.1, 0.15) is 18.9 Å². The molecule has 0 saturated carbocycles. The standard InChI is InChI=1S/C12H19O2P/c1-3-13-15(2)14-11-7-10-12-8-5-4-6-9-12/h4-6,8-9H,3,7,10-11H2,1-2H3. The van der Waals surface area contributed by atoms with Crippen molar-refractivity contribution in [3.8, 4) is 0 Å². The highest BCUT2D eigenvalue weighted by molar-refractivity contribution is 7.46. The summed E-state index contributed by atoms with van der Waals surface area (Å²) in [4.78, 5) is 0. The van der Waals surface area contributed by atoms with Crippen LogP contribution in [-0.4, -0.2) is 19.9 Å². The molecule has 0 amide bonds. The van der Waals surface area contributed by atoms with Gasteiger partial charge in [0.2, 0.25) is 0 Å². The van der Waals surface area contributed by atoms with E-state index in [2.05, 4.69) is 24.3 Å². The summed E-state index contributed by atoms with van der Waals surface area (Å²) < 4.78 is 10.9. The van der Waals surface area contributed by atoms with Gasteiger partial charge in [-0.25, -0.2) is 0 Å². The second kappa shape index (κ2) is 7.81. The number of aryl methyl sites for hydroxylation is 1. The second-order valence-corrected chi connectivity index (χ2v) is 4.68. The first-order valence-electron chi connectivity index (χ1n) is 5.36. The molecule has 0 bridgehead atoms. The van der Waals surface area contributed by atoms with Gasteiger partial charge < -0.3 is 9.05 Å². The zero-order valence-corrected chi connectivity index (χ0v) is 10.4. The summed E-state index contributed by atoms with van der Waals surface area (Å²) in [7, 11) is -0.661. The topological polar surface area (TPSA) is 18.5 Å². The van der Waals surface area contributed by atoms with Crippen LogP contribution in [0.5, 0.6) is 0 Å². The third-order valence-electron chi connectivity index (χ3n) is 2.04. The van der Waals surface area contributed by atoms with E-state index < -0.39 is 8.38 Å². The minimum absolute atomic E-state index is 0.661. The lowest BCUT2D eigenvalue weighted by molar-refractivity contribution is 0.260. The van der Waals surface area contributed by atoms with E-state index in [1.54, 1.807) is 0 Å². The van der Waals surface area contributed by atoms with E-state index in [1.807, 2.05) is 19.7 Å². The molecule has 0 radical (unpaired) electrons. The first-order valence-corrected chi connectivity index (χ1v) is 6.99. The Balaban J connectivity index is 2.07. The molecule has 3 heteroatoms. The van der Waals surface area contributed by atoms with Crippen molar-refractivity contribution >= 4 is 8.38 Å². The summed E-state index contributed by atoms with van der Waals surface area (Å²) >= 11 is 0. The van der Waals surface area contributed by atoms with Crippen molar-refractivity contribution < 1.29 is 9.05 Å². The van der Waals surface area contributed by atoms with Crippen LogP contribution in [0, 0.1) is 0 Å². The van der Waals surface area contributed by atoms with Crippen LogP contribution in [-0.2, 0) is 15.5 Å². The molecule has 0 spiro atoms. The molecule has 1 atom stereocenters. The van der Waals surface area contributed by atoms with E-state index in [-0.39, 0.29) is 0 Å². The molecule has 15 heavy (non-hydrogen) atoms. The van der Waals surface area contributed by atoms with Gasteiger partial charge in [-0.15, -0.1) is 0 Å². The quantitative estimate of drug-likeness (QED) is 0.522. The Hall–Kier alpha value is -0.430. The highest BCUT2D eigenvalue weighted by Crippen LogP contribution is 2.32. The number of benzene rings is 1. The molecule has 84 valence electrons. The van der Waals surface area contributed by atoms with Gasteiger partial charge in [-0.3, -0.25) is 0 Å². The third-order valence-corrected chi connectivity index (χ3v) is 3.20. The first-order chi connectivity index (χ1) is 7.33. The largest absolute Gasteiger partial charge is 0.335 e. The summed E-state index contributed by atoms with van der Waals surface area (Å²) in [6.07, 6.45) is 2.14. The van der Waals surface area contributed by atoms with Gasteiger partial charge in [0.15, 0.2) is 8.38 Å². The Morgan fingerprint density at radius 3 is 2.53 bits per heavy atom. The molecular formula is C12H19O2P. The Morgan fingerprint density at radius 1 is 1.13 bits per heavy atom. The SMILES string of the molecule is CCOP(C)OCCCc1ccccc1. The fourth-order valence-electron chi connectivity index (χ4n) is 1.33. The van der Waals surface area contributed by atoms with E-state index in [0.717, 1.165) is 26.1 Å². The van der Waals surface area contributed by atoms with Crippen molar-refractivity contribution in [3.63, 3.8) is 0 Å². The summed E-state index contributed by atoms with van der Waals surface area (Å²) in [5.74, 6) is 0. The average Bonchev–Trinajstić information content (AvgIpc) is 2.26. The Kier molecular flexibility index (Phi) is 6.58. The Bertz CT molecular complexity index is 251. The van der Waals surface area contributed by atoms with E-state index in [4.69, 9.17) is 9.05 Å². The van der Waals surface area contributed by atoms with Crippen molar-refractivity contribution in [2.45, 2.75) is 19.8 Å². The van der Waals surface area contributed by atoms with Gasteiger partial charge in [-0.05, 0) is 25.3 Å². The van der Waals surface area contributed by atoms with Crippen molar-refractivity contribution in [3.05, 3.63) is 35.9 Å². The van der Waals surface area contributed by atoms with E-state index in [1.165, 1.54) is 5.56 Å². The van der Waals surface area contributed by atoms with E-state index in [9.17, 15) is 0 Å². The summed E-state index contributed by atoms with van der Waals surface area (Å²) in [6, 6.07) is 10.5. The van der Waals surface area contributed by atoms with Crippen LogP contribution in [0.25, 0.3) is 0 Å². The highest BCUT2D eigenvalue weighted by atomic mass is 31.2. The lowest BCUT2D eigenvalue weighted by Gasteiger charge is -2.11. The van der Waals surface area contributed by atoms with Gasteiger partial charge in [0.25, 0.3) is 0 Å². The molecule has 0 N–H and O–H groups in total. The van der Waals surface area contributed by atoms with Crippen LogP contribution in [0.15, 0.2) is 30.3 Å². The maximum atomic E-state index is 5.55. The van der Waals surface area contributed by atoms with Crippen LogP contribution >= 0.6 is 8.38 Å². The zero-order chi connectivity index (χ0) is 10.9. The van der Waals surface area contributed by atoms with Crippen LogP contribution in [0.4, 0.5) is 0 Å². The highest BCUT2D eigenvalue weighted by Gasteiger charge is 2.00. The summed E-state index contributed by atoms with van der Waals surface area (Å²) in [5, 5.41) is 0. The van der Waals surface area contributed by atoms with Crippen LogP contribution in [0.3, 0.4) is 0 Å². The molecule has 1 aromatic rings. The van der Waals surface area contributed by atoms with Crippen molar-refractivity contribution in [1.29, 1.82) is 0 Å². The lowest BCUT2D eigenvalue weighted by atomic mass is 10.1. The number of rotatable bonds is 7. The molecule has 0 aliphatic rings. The molecule has 0 heterocycles. The van der Waals surface area contributed by atoms with Gasteiger partial charge in [-0.2, -0.15) is 0 Å². The van der Waals surface area contributed by atoms with Gasteiger partial charge in [0.05, 0.1) is 13.2 Å². The third kappa shape index (κ3) is 5.88. The van der Waals surface area contributed by atoms with Gasteiger partial charge in [-0.1, -0.05) is 30.3 Å². The first kappa shape index (κ1) is 12.6. The van der Waals surface area contributed by atoms with Crippen molar-refractivity contribution in [2.75, 3.05) is 19.9 Å². The van der Waals surface area contributed by atoms with Gasteiger partial charge in [0, 0.05) is 6.66 Å². The van der Waals surface area contributed by atoms with Gasteiger partial charge in [0.1, 0.15) is 0 Å². The molecule has 0 aliphatic heterocycles. The predicted molar refractivity (Wildman–Crippen MR) is 65.2 cm³/mol. The summed E-state index contributed by atoms with van der Waals surface area (Å²) in [5.41, 5.74) is 1.37. The molecule has 0 fully saturated rings. The zero-order valence-electron chi connectivity index (χ0n) is 9.48. The minimum Gasteiger partial charge on any atom is -0.335 e. The predicted octanol–water partition coefficient (Wildman–Crippen LogP) is 3.61. The number of hydrogen-bond acceptors (Lipinski definition) is 2. The van der Waals surface area contributed by atoms with Crippen molar-refractivity contribution in [2.24, 2.45) is 0 Å². The smallest absolute Gasteiger partial charge is 0.167 e. The molecule has 1 unspecified atom stereocenters. The van der Waals surface area contributed by atoms with E-state index >= 15 is 0 Å². The molecule has 0 saturated heterocycles. The van der Waals surface area contributed by atoms with Crippen LogP contribution in [0.2, 0.25) is 0 Å². The van der Waals surface area contributed by atoms with E-state index in [0.29, 0.717) is 0 Å². The van der Waals surface area contributed by atoms with Gasteiger partial charge >= 0.3 is 0 Å². The minimum atomic E-state index is -0.661. The normalized spacial score (nSPS) is 12.7. The fraction of sp³-hybridized carbons (Fsp3) is 0.500. The second-order valence-electron chi connectivity index (χ2n) is 3.28. The molecular weight excluding hydrogens is 207 g/mol. The number of hydrogen-bond donors (Lipinski definition) is 0. The lowest BCUT2D eigenvalue weighted by Crippen LogP contribution is -1.94. The Labute approximate surface area is 93.5 Å². The molecule has 1 aromatic carbocycles.